The van der Waals surface area contributed by atoms with E-state index in [2.05, 4.69) is 38.1 Å². The van der Waals surface area contributed by atoms with E-state index in [1.54, 1.807) is 0 Å². The zero-order valence-electron chi connectivity index (χ0n) is 9.03. The zero-order valence-corrected chi connectivity index (χ0v) is 9.03. The van der Waals surface area contributed by atoms with Crippen LogP contribution in [0.1, 0.15) is 43.4 Å². The molecule has 1 rings (SSSR count). The molecule has 0 aliphatic heterocycles. The standard InChI is InChI=1S/C12H20N2/c1-9(2)10-3-5-11(6-4-10)12(14)7-8-13/h3-6,9,12H,7-8,13-14H2,1-2H3. The second kappa shape index (κ2) is 5.13. The van der Waals surface area contributed by atoms with Crippen molar-refractivity contribution < 1.29 is 0 Å². The topological polar surface area (TPSA) is 52.0 Å². The van der Waals surface area contributed by atoms with Gasteiger partial charge < -0.3 is 11.5 Å². The summed E-state index contributed by atoms with van der Waals surface area (Å²) in [6.07, 6.45) is 0.848. The summed E-state index contributed by atoms with van der Waals surface area (Å²) in [5.74, 6) is 0.579. The fraction of sp³-hybridized carbons (Fsp3) is 0.500. The van der Waals surface area contributed by atoms with Crippen molar-refractivity contribution in [1.29, 1.82) is 0 Å². The molecule has 0 heterocycles. The molecule has 2 heteroatoms. The Morgan fingerprint density at radius 2 is 1.57 bits per heavy atom. The Kier molecular flexibility index (Phi) is 4.11. The predicted molar refractivity (Wildman–Crippen MR) is 61.1 cm³/mol. The molecule has 0 saturated carbocycles. The summed E-state index contributed by atoms with van der Waals surface area (Å²) in [6, 6.07) is 8.60. The smallest absolute Gasteiger partial charge is 0.0306 e. The maximum Gasteiger partial charge on any atom is 0.0306 e. The lowest BCUT2D eigenvalue weighted by Gasteiger charge is -2.12. The normalized spacial score (nSPS) is 13.2. The van der Waals surface area contributed by atoms with Crippen molar-refractivity contribution in [1.82, 2.24) is 0 Å². The van der Waals surface area contributed by atoms with Crippen molar-refractivity contribution in [2.75, 3.05) is 6.54 Å². The van der Waals surface area contributed by atoms with Gasteiger partial charge in [0.2, 0.25) is 0 Å². The van der Waals surface area contributed by atoms with Gasteiger partial charge in [-0.25, -0.2) is 0 Å². The van der Waals surface area contributed by atoms with Gasteiger partial charge in [-0.15, -0.1) is 0 Å². The molecule has 78 valence electrons. The quantitative estimate of drug-likeness (QED) is 0.768. The number of hydrogen-bond donors (Lipinski definition) is 2. The highest BCUT2D eigenvalue weighted by Gasteiger charge is 2.05. The van der Waals surface area contributed by atoms with Gasteiger partial charge in [-0.1, -0.05) is 38.1 Å². The minimum Gasteiger partial charge on any atom is -0.330 e. The summed E-state index contributed by atoms with van der Waals surface area (Å²) < 4.78 is 0. The first kappa shape index (κ1) is 11.2. The van der Waals surface area contributed by atoms with Crippen LogP contribution >= 0.6 is 0 Å². The van der Waals surface area contributed by atoms with Gasteiger partial charge in [0.1, 0.15) is 0 Å². The van der Waals surface area contributed by atoms with Crippen LogP contribution in [0.5, 0.6) is 0 Å². The molecule has 0 spiro atoms. The SMILES string of the molecule is CC(C)c1ccc(C(N)CCN)cc1. The minimum absolute atomic E-state index is 0.0845. The molecule has 0 bridgehead atoms. The molecule has 2 nitrogen and oxygen atoms in total. The summed E-state index contributed by atoms with van der Waals surface area (Å²) in [5, 5.41) is 0. The molecule has 1 atom stereocenters. The first-order valence-electron chi connectivity index (χ1n) is 5.20. The molecule has 0 fully saturated rings. The van der Waals surface area contributed by atoms with E-state index in [-0.39, 0.29) is 6.04 Å². The molecule has 0 aliphatic carbocycles. The lowest BCUT2D eigenvalue weighted by molar-refractivity contribution is 0.660. The Morgan fingerprint density at radius 1 is 1.07 bits per heavy atom. The molecular formula is C12H20N2. The molecule has 1 aromatic rings. The van der Waals surface area contributed by atoms with Crippen molar-refractivity contribution in [3.05, 3.63) is 35.4 Å². The Labute approximate surface area is 86.3 Å². The number of hydrogen-bond acceptors (Lipinski definition) is 2. The van der Waals surface area contributed by atoms with Crippen LogP contribution in [0.4, 0.5) is 0 Å². The summed E-state index contributed by atoms with van der Waals surface area (Å²) >= 11 is 0. The van der Waals surface area contributed by atoms with Gasteiger partial charge in [0.15, 0.2) is 0 Å². The highest BCUT2D eigenvalue weighted by Crippen LogP contribution is 2.18. The van der Waals surface area contributed by atoms with E-state index < -0.39 is 0 Å². The van der Waals surface area contributed by atoms with Crippen molar-refractivity contribution in [2.45, 2.75) is 32.2 Å². The van der Waals surface area contributed by atoms with E-state index in [1.807, 2.05) is 0 Å². The molecular weight excluding hydrogens is 172 g/mol. The van der Waals surface area contributed by atoms with Crippen molar-refractivity contribution in [3.63, 3.8) is 0 Å². The van der Waals surface area contributed by atoms with Gasteiger partial charge in [0.25, 0.3) is 0 Å². The van der Waals surface area contributed by atoms with Crippen LogP contribution in [0.25, 0.3) is 0 Å². The van der Waals surface area contributed by atoms with Crippen LogP contribution in [0, 0.1) is 0 Å². The molecule has 4 N–H and O–H groups in total. The van der Waals surface area contributed by atoms with Crippen LogP contribution < -0.4 is 11.5 Å². The fourth-order valence-electron chi connectivity index (χ4n) is 1.47. The highest BCUT2D eigenvalue weighted by molar-refractivity contribution is 5.26. The monoisotopic (exact) mass is 192 g/mol. The number of nitrogens with two attached hydrogens (primary N) is 2. The molecule has 0 radical (unpaired) electrons. The fourth-order valence-corrected chi connectivity index (χ4v) is 1.47. The van der Waals surface area contributed by atoms with E-state index in [4.69, 9.17) is 11.5 Å². The van der Waals surface area contributed by atoms with E-state index in [1.165, 1.54) is 11.1 Å². The van der Waals surface area contributed by atoms with Crippen LogP contribution in [0.2, 0.25) is 0 Å². The van der Waals surface area contributed by atoms with Gasteiger partial charge in [-0.05, 0) is 30.0 Å². The maximum atomic E-state index is 5.95. The van der Waals surface area contributed by atoms with Crippen molar-refractivity contribution in [2.24, 2.45) is 11.5 Å². The van der Waals surface area contributed by atoms with Gasteiger partial charge in [0, 0.05) is 6.04 Å². The third kappa shape index (κ3) is 2.82. The summed E-state index contributed by atoms with van der Waals surface area (Å²) in [5.41, 5.74) is 14.0. The average Bonchev–Trinajstić information content (AvgIpc) is 2.18. The van der Waals surface area contributed by atoms with Crippen LogP contribution in [-0.4, -0.2) is 6.54 Å². The molecule has 14 heavy (non-hydrogen) atoms. The largest absolute Gasteiger partial charge is 0.330 e. The Bertz CT molecular complexity index is 264. The molecule has 1 aromatic carbocycles. The van der Waals surface area contributed by atoms with E-state index >= 15 is 0 Å². The maximum absolute atomic E-state index is 5.95. The summed E-state index contributed by atoms with van der Waals surface area (Å²) in [7, 11) is 0. The van der Waals surface area contributed by atoms with E-state index in [0.717, 1.165) is 6.42 Å². The molecule has 0 saturated heterocycles. The van der Waals surface area contributed by atoms with Gasteiger partial charge in [0.05, 0.1) is 0 Å². The van der Waals surface area contributed by atoms with Crippen molar-refractivity contribution >= 4 is 0 Å². The first-order valence-corrected chi connectivity index (χ1v) is 5.20. The molecule has 1 unspecified atom stereocenters. The third-order valence-electron chi connectivity index (χ3n) is 2.51. The van der Waals surface area contributed by atoms with Gasteiger partial charge >= 0.3 is 0 Å². The Balaban J connectivity index is 2.72. The summed E-state index contributed by atoms with van der Waals surface area (Å²) in [4.78, 5) is 0. The van der Waals surface area contributed by atoms with Crippen LogP contribution in [0.15, 0.2) is 24.3 Å². The second-order valence-corrected chi connectivity index (χ2v) is 4.01. The minimum atomic E-state index is 0.0845. The Morgan fingerprint density at radius 3 is 2.00 bits per heavy atom. The van der Waals surface area contributed by atoms with E-state index in [9.17, 15) is 0 Å². The van der Waals surface area contributed by atoms with Crippen LogP contribution in [-0.2, 0) is 0 Å². The lowest BCUT2D eigenvalue weighted by Crippen LogP contribution is -2.15. The number of benzene rings is 1. The van der Waals surface area contributed by atoms with Crippen LogP contribution in [0.3, 0.4) is 0 Å². The Hall–Kier alpha value is -0.860. The van der Waals surface area contributed by atoms with E-state index in [0.29, 0.717) is 12.5 Å². The average molecular weight is 192 g/mol. The summed E-state index contributed by atoms with van der Waals surface area (Å²) in [6.45, 7) is 5.02. The van der Waals surface area contributed by atoms with Crippen molar-refractivity contribution in [3.8, 4) is 0 Å². The molecule has 0 aliphatic rings. The second-order valence-electron chi connectivity index (χ2n) is 4.01. The van der Waals surface area contributed by atoms with Gasteiger partial charge in [-0.2, -0.15) is 0 Å². The molecule has 0 aromatic heterocycles. The third-order valence-corrected chi connectivity index (χ3v) is 2.51. The van der Waals surface area contributed by atoms with Gasteiger partial charge in [-0.3, -0.25) is 0 Å². The zero-order chi connectivity index (χ0) is 10.6. The highest BCUT2D eigenvalue weighted by atomic mass is 14.7. The first-order chi connectivity index (χ1) is 6.65. The predicted octanol–water partition coefficient (Wildman–Crippen LogP) is 2.16. The number of rotatable bonds is 4. The lowest BCUT2D eigenvalue weighted by atomic mass is 9.98. The molecule has 0 amide bonds.